The summed E-state index contributed by atoms with van der Waals surface area (Å²) in [5.41, 5.74) is 1.17. The van der Waals surface area contributed by atoms with E-state index in [1.165, 1.54) is 24.8 Å². The summed E-state index contributed by atoms with van der Waals surface area (Å²) in [6, 6.07) is 8.68. The minimum absolute atomic E-state index is 0.0570. The van der Waals surface area contributed by atoms with Gasteiger partial charge < -0.3 is 15.2 Å². The van der Waals surface area contributed by atoms with Gasteiger partial charge in [0.25, 0.3) is 0 Å². The van der Waals surface area contributed by atoms with E-state index < -0.39 is 0 Å². The van der Waals surface area contributed by atoms with Crippen molar-refractivity contribution in [1.82, 2.24) is 5.32 Å². The quantitative estimate of drug-likeness (QED) is 0.813. The van der Waals surface area contributed by atoms with E-state index in [9.17, 15) is 0 Å². The summed E-state index contributed by atoms with van der Waals surface area (Å²) in [7, 11) is 0. The molecule has 0 amide bonds. The first-order chi connectivity index (χ1) is 8.81. The lowest BCUT2D eigenvalue weighted by atomic mass is 10.1. The lowest BCUT2D eigenvalue weighted by Crippen LogP contribution is -2.30. The molecule has 2 unspecified atom stereocenters. The molecule has 1 aliphatic carbocycles. The zero-order chi connectivity index (χ0) is 12.8. The molecule has 0 heterocycles. The molecule has 0 spiro atoms. The van der Waals surface area contributed by atoms with Gasteiger partial charge in [-0.3, -0.25) is 0 Å². The fourth-order valence-electron chi connectivity index (χ4n) is 2.64. The van der Waals surface area contributed by atoms with Crippen LogP contribution in [0.15, 0.2) is 24.3 Å². The third-order valence-electron chi connectivity index (χ3n) is 3.74. The average Bonchev–Trinajstić information content (AvgIpc) is 2.80. The number of ether oxygens (including phenoxy) is 1. The van der Waals surface area contributed by atoms with E-state index in [0.29, 0.717) is 12.6 Å². The van der Waals surface area contributed by atoms with E-state index in [2.05, 4.69) is 18.3 Å². The van der Waals surface area contributed by atoms with E-state index in [1.807, 2.05) is 18.2 Å². The Kier molecular flexibility index (Phi) is 5.02. The molecule has 2 atom stereocenters. The number of hydrogen-bond donors (Lipinski definition) is 2. The Balaban J connectivity index is 1.91. The minimum Gasteiger partial charge on any atom is -0.491 e. The minimum atomic E-state index is 0.0570. The van der Waals surface area contributed by atoms with Gasteiger partial charge in [0, 0.05) is 18.2 Å². The highest BCUT2D eigenvalue weighted by molar-refractivity contribution is 5.33. The van der Waals surface area contributed by atoms with Crippen LogP contribution in [0.4, 0.5) is 0 Å². The Labute approximate surface area is 109 Å². The Morgan fingerprint density at radius 1 is 1.33 bits per heavy atom. The van der Waals surface area contributed by atoms with Crippen molar-refractivity contribution in [3.63, 3.8) is 0 Å². The molecule has 0 saturated heterocycles. The van der Waals surface area contributed by atoms with Crippen LogP contribution in [0.3, 0.4) is 0 Å². The Hall–Kier alpha value is -1.06. The van der Waals surface area contributed by atoms with Crippen molar-refractivity contribution < 1.29 is 9.84 Å². The van der Waals surface area contributed by atoms with Gasteiger partial charge in [-0.1, -0.05) is 31.5 Å². The van der Waals surface area contributed by atoms with Crippen molar-refractivity contribution >= 4 is 0 Å². The molecular weight excluding hydrogens is 226 g/mol. The van der Waals surface area contributed by atoms with E-state index in [0.717, 1.165) is 18.2 Å². The molecule has 2 rings (SSSR count). The first-order valence-electron chi connectivity index (χ1n) is 6.86. The second kappa shape index (κ2) is 6.76. The van der Waals surface area contributed by atoms with Crippen LogP contribution in [0, 0.1) is 5.92 Å². The predicted molar refractivity (Wildman–Crippen MR) is 72.7 cm³/mol. The fraction of sp³-hybridized carbons (Fsp3) is 0.600. The third-order valence-corrected chi connectivity index (χ3v) is 3.74. The highest BCUT2D eigenvalue weighted by Gasteiger charge is 2.22. The maximum Gasteiger partial charge on any atom is 0.123 e. The number of benzene rings is 1. The zero-order valence-corrected chi connectivity index (χ0v) is 11.1. The molecule has 2 N–H and O–H groups in total. The highest BCUT2D eigenvalue weighted by Crippen LogP contribution is 2.26. The van der Waals surface area contributed by atoms with Gasteiger partial charge in [0.05, 0.1) is 6.61 Å². The smallest absolute Gasteiger partial charge is 0.123 e. The summed E-state index contributed by atoms with van der Waals surface area (Å²) < 4.78 is 5.54. The van der Waals surface area contributed by atoms with Crippen molar-refractivity contribution in [2.75, 3.05) is 13.2 Å². The van der Waals surface area contributed by atoms with Gasteiger partial charge >= 0.3 is 0 Å². The SMILES string of the molecule is CC1CCCC1NCc1ccccc1OCCO. The molecule has 18 heavy (non-hydrogen) atoms. The largest absolute Gasteiger partial charge is 0.491 e. The number of aliphatic hydroxyl groups is 1. The second-order valence-corrected chi connectivity index (χ2v) is 5.08. The number of hydrogen-bond acceptors (Lipinski definition) is 3. The van der Waals surface area contributed by atoms with E-state index in [4.69, 9.17) is 9.84 Å². The average molecular weight is 249 g/mol. The molecule has 0 radical (unpaired) electrons. The third kappa shape index (κ3) is 3.47. The molecule has 3 nitrogen and oxygen atoms in total. The van der Waals surface area contributed by atoms with Crippen LogP contribution in [0.1, 0.15) is 31.7 Å². The molecule has 3 heteroatoms. The Bertz CT molecular complexity index is 367. The zero-order valence-electron chi connectivity index (χ0n) is 11.1. The Morgan fingerprint density at radius 2 is 2.17 bits per heavy atom. The van der Waals surface area contributed by atoms with Crippen LogP contribution in [0.5, 0.6) is 5.75 Å². The van der Waals surface area contributed by atoms with E-state index in [-0.39, 0.29) is 6.61 Å². The number of nitrogens with one attached hydrogen (secondary N) is 1. The van der Waals surface area contributed by atoms with Gasteiger partial charge in [-0.15, -0.1) is 0 Å². The molecule has 0 aliphatic heterocycles. The van der Waals surface area contributed by atoms with E-state index in [1.54, 1.807) is 0 Å². The molecule has 1 saturated carbocycles. The van der Waals surface area contributed by atoms with Crippen LogP contribution in [-0.4, -0.2) is 24.4 Å². The molecule has 0 bridgehead atoms. The molecular formula is C15H23NO2. The predicted octanol–water partition coefficient (Wildman–Crippen LogP) is 2.34. The second-order valence-electron chi connectivity index (χ2n) is 5.08. The summed E-state index contributed by atoms with van der Waals surface area (Å²) in [5.74, 6) is 1.65. The first kappa shape index (κ1) is 13.4. The summed E-state index contributed by atoms with van der Waals surface area (Å²) in [5, 5.41) is 12.4. The van der Waals surface area contributed by atoms with Gasteiger partial charge in [-0.05, 0) is 24.8 Å². The topological polar surface area (TPSA) is 41.5 Å². The van der Waals surface area contributed by atoms with Gasteiger partial charge in [-0.25, -0.2) is 0 Å². The maximum atomic E-state index is 8.82. The normalized spacial score (nSPS) is 23.2. The Morgan fingerprint density at radius 3 is 2.89 bits per heavy atom. The lowest BCUT2D eigenvalue weighted by Gasteiger charge is -2.18. The van der Waals surface area contributed by atoms with E-state index >= 15 is 0 Å². The van der Waals surface area contributed by atoms with Crippen molar-refractivity contribution in [2.24, 2.45) is 5.92 Å². The van der Waals surface area contributed by atoms with Crippen LogP contribution >= 0.6 is 0 Å². The first-order valence-corrected chi connectivity index (χ1v) is 6.86. The fourth-order valence-corrected chi connectivity index (χ4v) is 2.64. The van der Waals surface area contributed by atoms with Crippen molar-refractivity contribution in [3.8, 4) is 5.75 Å². The number of rotatable bonds is 6. The van der Waals surface area contributed by atoms with Gasteiger partial charge in [0.2, 0.25) is 0 Å². The summed E-state index contributed by atoms with van der Waals surface area (Å²) in [6.45, 7) is 3.58. The number of aliphatic hydroxyl groups excluding tert-OH is 1. The summed E-state index contributed by atoms with van der Waals surface area (Å²) in [4.78, 5) is 0. The van der Waals surface area contributed by atoms with Crippen molar-refractivity contribution in [2.45, 2.75) is 38.8 Å². The summed E-state index contributed by atoms with van der Waals surface area (Å²) >= 11 is 0. The van der Waals surface area contributed by atoms with Crippen molar-refractivity contribution in [3.05, 3.63) is 29.8 Å². The molecule has 1 fully saturated rings. The highest BCUT2D eigenvalue weighted by atomic mass is 16.5. The standard InChI is InChI=1S/C15H23NO2/c1-12-5-4-7-14(12)16-11-13-6-2-3-8-15(13)18-10-9-17/h2-3,6,8,12,14,16-17H,4-5,7,9-11H2,1H3. The number of para-hydroxylation sites is 1. The molecule has 1 aromatic carbocycles. The van der Waals surface area contributed by atoms with Crippen molar-refractivity contribution in [1.29, 1.82) is 0 Å². The molecule has 1 aromatic rings. The van der Waals surface area contributed by atoms with Gasteiger partial charge in [0.1, 0.15) is 12.4 Å². The monoisotopic (exact) mass is 249 g/mol. The molecule has 1 aliphatic rings. The maximum absolute atomic E-state index is 8.82. The van der Waals surface area contributed by atoms with Crippen LogP contribution < -0.4 is 10.1 Å². The van der Waals surface area contributed by atoms with Gasteiger partial charge in [0.15, 0.2) is 0 Å². The summed E-state index contributed by atoms with van der Waals surface area (Å²) in [6.07, 6.45) is 3.95. The molecule has 100 valence electrons. The lowest BCUT2D eigenvalue weighted by molar-refractivity contribution is 0.200. The van der Waals surface area contributed by atoms with Crippen LogP contribution in [0.2, 0.25) is 0 Å². The van der Waals surface area contributed by atoms with Crippen LogP contribution in [-0.2, 0) is 6.54 Å². The van der Waals surface area contributed by atoms with Crippen LogP contribution in [0.25, 0.3) is 0 Å². The molecule has 0 aromatic heterocycles. The van der Waals surface area contributed by atoms with Gasteiger partial charge in [-0.2, -0.15) is 0 Å².